The van der Waals surface area contributed by atoms with E-state index < -0.39 is 9.04 Å². The van der Waals surface area contributed by atoms with Crippen LogP contribution in [0, 0.1) is 6.92 Å². The van der Waals surface area contributed by atoms with Crippen LogP contribution >= 0.6 is 0 Å². The van der Waals surface area contributed by atoms with Gasteiger partial charge in [0.1, 0.15) is 5.75 Å². The Kier molecular flexibility index (Phi) is 6.63. The molecule has 0 spiro atoms. The molecule has 0 radical (unpaired) electrons. The molecule has 0 fully saturated rings. The molecule has 1 aliphatic heterocycles. The Morgan fingerprint density at radius 2 is 2.12 bits per heavy atom. The molecule has 2 rings (SSSR count). The summed E-state index contributed by atoms with van der Waals surface area (Å²) in [5.74, 6) is 0.892. The predicted octanol–water partition coefficient (Wildman–Crippen LogP) is 5.07. The van der Waals surface area contributed by atoms with Crippen molar-refractivity contribution in [3.05, 3.63) is 41.5 Å². The molecule has 2 unspecified atom stereocenters. The lowest BCUT2D eigenvalue weighted by Gasteiger charge is -2.33. The maximum atomic E-state index is 6.25. The number of aryl methyl sites for hydroxylation is 1. The van der Waals surface area contributed by atoms with Gasteiger partial charge in [-0.05, 0) is 74.0 Å². The fourth-order valence-electron chi connectivity index (χ4n) is 3.24. The van der Waals surface area contributed by atoms with Gasteiger partial charge in [-0.3, -0.25) is 4.99 Å². The number of methoxy groups -OCH3 is 1. The van der Waals surface area contributed by atoms with E-state index in [0.29, 0.717) is 0 Å². The van der Waals surface area contributed by atoms with E-state index >= 15 is 0 Å². The first kappa shape index (κ1) is 19.9. The van der Waals surface area contributed by atoms with Crippen molar-refractivity contribution in [2.45, 2.75) is 64.6 Å². The fraction of sp³-hybridized carbons (Fsp3) is 0.571. The van der Waals surface area contributed by atoms with Crippen LogP contribution in [0.25, 0.3) is 0 Å². The molecule has 3 nitrogen and oxygen atoms in total. The van der Waals surface area contributed by atoms with Crippen molar-refractivity contribution >= 4 is 14.8 Å². The van der Waals surface area contributed by atoms with Crippen molar-refractivity contribution in [1.29, 1.82) is 0 Å². The van der Waals surface area contributed by atoms with E-state index in [-0.39, 0.29) is 11.1 Å². The summed E-state index contributed by atoms with van der Waals surface area (Å²) in [5, 5.41) is 0.155. The topological polar surface area (TPSA) is 30.8 Å². The zero-order valence-electron chi connectivity index (χ0n) is 16.7. The van der Waals surface area contributed by atoms with E-state index in [1.165, 1.54) is 16.8 Å². The van der Waals surface area contributed by atoms with Gasteiger partial charge in [0.25, 0.3) is 0 Å². The fourth-order valence-corrected chi connectivity index (χ4v) is 4.70. The molecule has 0 saturated heterocycles. The number of hydrogen-bond donors (Lipinski definition) is 0. The van der Waals surface area contributed by atoms with Gasteiger partial charge in [-0.15, -0.1) is 0 Å². The van der Waals surface area contributed by atoms with E-state index in [2.05, 4.69) is 53.0 Å². The number of aliphatic imine (C=N–C) groups is 1. The summed E-state index contributed by atoms with van der Waals surface area (Å²) in [5.41, 5.74) is 4.75. The Morgan fingerprint density at radius 1 is 1.40 bits per heavy atom. The van der Waals surface area contributed by atoms with Crippen LogP contribution in [0.15, 0.2) is 35.3 Å². The van der Waals surface area contributed by atoms with Gasteiger partial charge in [-0.25, -0.2) is 0 Å². The van der Waals surface area contributed by atoms with E-state index in [9.17, 15) is 0 Å². The average Bonchev–Trinajstić information content (AvgIpc) is 2.55. The van der Waals surface area contributed by atoms with E-state index in [1.54, 1.807) is 7.11 Å². The monoisotopic (exact) mass is 359 g/mol. The van der Waals surface area contributed by atoms with Crippen molar-refractivity contribution in [3.8, 4) is 5.75 Å². The molecule has 0 aliphatic carbocycles. The van der Waals surface area contributed by atoms with Gasteiger partial charge < -0.3 is 9.16 Å². The molecule has 0 aromatic heterocycles. The second-order valence-electron chi connectivity index (χ2n) is 7.94. The number of benzene rings is 1. The van der Waals surface area contributed by atoms with Crippen LogP contribution < -0.4 is 4.74 Å². The highest BCUT2D eigenvalue weighted by Gasteiger charge is 2.32. The first-order valence-electron chi connectivity index (χ1n) is 9.23. The third kappa shape index (κ3) is 5.05. The molecule has 1 aromatic rings. The second kappa shape index (κ2) is 8.32. The number of rotatable bonds is 3. The van der Waals surface area contributed by atoms with Crippen LogP contribution in [0.3, 0.4) is 0 Å². The zero-order valence-corrected chi connectivity index (χ0v) is 17.8. The standard InChI is InChI=1S/C21H33NO2Si/c1-15(2)19-9-8-12-24-25(7)21(4,5)14-20(22-19)18-11-10-17(23-6)13-16(18)3/h10-11,13,19,25H,1,8-9,12,14H2,2-7H3. The molecular formula is C21H33NO2Si. The maximum absolute atomic E-state index is 6.25. The van der Waals surface area contributed by atoms with Crippen molar-refractivity contribution in [1.82, 2.24) is 0 Å². The summed E-state index contributed by atoms with van der Waals surface area (Å²) < 4.78 is 11.6. The smallest absolute Gasteiger partial charge is 0.179 e. The molecular weight excluding hydrogens is 326 g/mol. The highest BCUT2D eigenvalue weighted by atomic mass is 28.3. The van der Waals surface area contributed by atoms with Crippen LogP contribution in [0.1, 0.15) is 51.2 Å². The van der Waals surface area contributed by atoms with Crippen LogP contribution in [0.5, 0.6) is 5.75 Å². The minimum Gasteiger partial charge on any atom is -0.497 e. The quantitative estimate of drug-likeness (QED) is 0.557. The predicted molar refractivity (Wildman–Crippen MR) is 110 cm³/mol. The molecule has 0 N–H and O–H groups in total. The van der Waals surface area contributed by atoms with Crippen molar-refractivity contribution in [2.75, 3.05) is 13.7 Å². The number of hydrogen-bond acceptors (Lipinski definition) is 3. The summed E-state index contributed by atoms with van der Waals surface area (Å²) in [6.45, 7) is 16.2. The molecule has 0 amide bonds. The first-order chi connectivity index (χ1) is 11.7. The molecule has 2 atom stereocenters. The third-order valence-corrected chi connectivity index (χ3v) is 8.48. The average molecular weight is 360 g/mol. The lowest BCUT2D eigenvalue weighted by Crippen LogP contribution is -2.32. The molecule has 1 aromatic carbocycles. The van der Waals surface area contributed by atoms with Crippen molar-refractivity contribution in [3.63, 3.8) is 0 Å². The largest absolute Gasteiger partial charge is 0.497 e. The van der Waals surface area contributed by atoms with E-state index in [0.717, 1.165) is 37.2 Å². The third-order valence-electron chi connectivity index (χ3n) is 5.34. The Labute approximate surface area is 154 Å². The van der Waals surface area contributed by atoms with Gasteiger partial charge in [0.2, 0.25) is 0 Å². The Morgan fingerprint density at radius 3 is 2.72 bits per heavy atom. The van der Waals surface area contributed by atoms with Gasteiger partial charge in [-0.2, -0.15) is 0 Å². The minimum atomic E-state index is -1.29. The van der Waals surface area contributed by atoms with Gasteiger partial charge in [0.05, 0.1) is 13.2 Å². The SMILES string of the molecule is C=C(C)C1CCCO[SiH](C)C(C)(C)CC(c2ccc(OC)cc2C)=N1. The summed E-state index contributed by atoms with van der Waals surface area (Å²) in [6.07, 6.45) is 3.00. The van der Waals surface area contributed by atoms with Crippen LogP contribution in [-0.2, 0) is 4.43 Å². The lowest BCUT2D eigenvalue weighted by atomic mass is 9.94. The van der Waals surface area contributed by atoms with E-state index in [4.69, 9.17) is 14.2 Å². The van der Waals surface area contributed by atoms with Crippen molar-refractivity contribution < 1.29 is 9.16 Å². The molecule has 1 heterocycles. The Bertz CT molecular complexity index is 651. The van der Waals surface area contributed by atoms with Crippen LogP contribution in [0.2, 0.25) is 11.6 Å². The van der Waals surface area contributed by atoms with Crippen molar-refractivity contribution in [2.24, 2.45) is 4.99 Å². The van der Waals surface area contributed by atoms with Gasteiger partial charge in [-0.1, -0.05) is 26.0 Å². The van der Waals surface area contributed by atoms with Gasteiger partial charge in [0, 0.05) is 12.3 Å². The Hall–Kier alpha value is -1.39. The maximum Gasteiger partial charge on any atom is 0.179 e. The van der Waals surface area contributed by atoms with Crippen LogP contribution in [-0.4, -0.2) is 34.5 Å². The second-order valence-corrected chi connectivity index (χ2v) is 11.1. The molecule has 25 heavy (non-hydrogen) atoms. The lowest BCUT2D eigenvalue weighted by molar-refractivity contribution is 0.289. The zero-order chi connectivity index (χ0) is 18.6. The number of ether oxygens (including phenoxy) is 1. The summed E-state index contributed by atoms with van der Waals surface area (Å²) in [4.78, 5) is 5.20. The first-order valence-corrected chi connectivity index (χ1v) is 11.4. The summed E-state index contributed by atoms with van der Waals surface area (Å²) >= 11 is 0. The molecule has 0 bridgehead atoms. The normalized spacial score (nSPS) is 24.3. The molecule has 1 aliphatic rings. The molecule has 0 saturated carbocycles. The van der Waals surface area contributed by atoms with Gasteiger partial charge >= 0.3 is 0 Å². The number of nitrogens with zero attached hydrogens (tertiary/aromatic N) is 1. The van der Waals surface area contributed by atoms with Gasteiger partial charge in [0.15, 0.2) is 9.04 Å². The highest BCUT2D eigenvalue weighted by molar-refractivity contribution is 6.54. The highest BCUT2D eigenvalue weighted by Crippen LogP contribution is 2.37. The van der Waals surface area contributed by atoms with Crippen LogP contribution in [0.4, 0.5) is 0 Å². The summed E-state index contributed by atoms with van der Waals surface area (Å²) in [7, 11) is 0.416. The minimum absolute atomic E-state index is 0.155. The van der Waals surface area contributed by atoms with E-state index in [1.807, 2.05) is 6.07 Å². The molecule has 138 valence electrons. The summed E-state index contributed by atoms with van der Waals surface area (Å²) in [6, 6.07) is 6.45. The molecule has 4 heteroatoms. The Balaban J connectivity index is 2.50.